The van der Waals surface area contributed by atoms with Crippen molar-refractivity contribution in [1.29, 1.82) is 0 Å². The van der Waals surface area contributed by atoms with E-state index >= 15 is 0 Å². The number of carbonyl (C=O) groups is 2. The summed E-state index contributed by atoms with van der Waals surface area (Å²) < 4.78 is 0. The zero-order valence-corrected chi connectivity index (χ0v) is 35.4. The molecular formula is C50H49ClN8O2. The molecule has 3 N–H and O–H groups in total. The van der Waals surface area contributed by atoms with Crippen LogP contribution in [-0.4, -0.2) is 44.8 Å². The number of hydrogen-bond donors (Lipinski definition) is 2. The molecule has 8 aromatic rings. The highest BCUT2D eigenvalue weighted by atomic mass is 35.5. The van der Waals surface area contributed by atoms with Crippen molar-refractivity contribution >= 4 is 62.5 Å². The Morgan fingerprint density at radius 3 is 1.48 bits per heavy atom. The van der Waals surface area contributed by atoms with Gasteiger partial charge in [-0.3, -0.25) is 19.4 Å². The van der Waals surface area contributed by atoms with Crippen LogP contribution in [0.1, 0.15) is 71.6 Å². The SMILES string of the molecule is CCN(C(=O)c1ccc2ccccc2c1)c1ccnc(Cl)n1.CCN(C(=O)c1ccc2ccccc2c1)c1ccnc(N[C@@H](C)c2ccccc2)n1.C[C@H](N)c1ccccc1. The molecule has 11 heteroatoms. The van der Waals surface area contributed by atoms with E-state index in [0.29, 0.717) is 41.8 Å². The van der Waals surface area contributed by atoms with Crippen molar-refractivity contribution in [2.75, 3.05) is 28.2 Å². The summed E-state index contributed by atoms with van der Waals surface area (Å²) in [5, 5.41) is 7.74. The van der Waals surface area contributed by atoms with Crippen LogP contribution in [-0.2, 0) is 0 Å². The molecule has 61 heavy (non-hydrogen) atoms. The van der Waals surface area contributed by atoms with Crippen LogP contribution in [0.4, 0.5) is 17.6 Å². The van der Waals surface area contributed by atoms with E-state index < -0.39 is 0 Å². The summed E-state index contributed by atoms with van der Waals surface area (Å²) >= 11 is 5.81. The van der Waals surface area contributed by atoms with Gasteiger partial charge in [0.05, 0.1) is 6.04 Å². The molecule has 0 aliphatic carbocycles. The molecular weight excluding hydrogens is 780 g/mol. The fourth-order valence-corrected chi connectivity index (χ4v) is 6.74. The Labute approximate surface area is 362 Å². The molecule has 0 bridgehead atoms. The van der Waals surface area contributed by atoms with Gasteiger partial charge in [0.2, 0.25) is 11.2 Å². The molecule has 2 atom stereocenters. The molecule has 10 nitrogen and oxygen atoms in total. The summed E-state index contributed by atoms with van der Waals surface area (Å²) in [5.74, 6) is 1.38. The lowest BCUT2D eigenvalue weighted by atomic mass is 10.1. The van der Waals surface area contributed by atoms with Gasteiger partial charge in [-0.2, -0.15) is 4.98 Å². The van der Waals surface area contributed by atoms with E-state index in [9.17, 15) is 9.59 Å². The normalized spacial score (nSPS) is 11.6. The third-order valence-corrected chi connectivity index (χ3v) is 10.1. The van der Waals surface area contributed by atoms with Crippen LogP contribution in [0.15, 0.2) is 170 Å². The minimum absolute atomic E-state index is 0.0488. The van der Waals surface area contributed by atoms with Crippen LogP contribution in [0.5, 0.6) is 0 Å². The molecule has 0 aliphatic heterocycles. The molecule has 2 heterocycles. The largest absolute Gasteiger partial charge is 0.348 e. The summed E-state index contributed by atoms with van der Waals surface area (Å²) in [6.45, 7) is 8.89. The first-order chi connectivity index (χ1) is 29.6. The van der Waals surface area contributed by atoms with Crippen molar-refractivity contribution in [3.8, 4) is 0 Å². The maximum absolute atomic E-state index is 13.2. The fraction of sp³-hybridized carbons (Fsp3) is 0.160. The quantitative estimate of drug-likeness (QED) is 0.130. The molecule has 2 amide bonds. The third-order valence-electron chi connectivity index (χ3n) is 9.89. The zero-order valence-electron chi connectivity index (χ0n) is 34.7. The third kappa shape index (κ3) is 11.6. The number of aromatic nitrogens is 4. The van der Waals surface area contributed by atoms with Gasteiger partial charge in [-0.1, -0.05) is 121 Å². The Balaban J connectivity index is 0.000000175. The number of carbonyl (C=O) groups excluding carboxylic acids is 2. The first-order valence-corrected chi connectivity index (χ1v) is 20.6. The van der Waals surface area contributed by atoms with E-state index in [1.807, 2.05) is 154 Å². The van der Waals surface area contributed by atoms with Crippen LogP contribution in [0.2, 0.25) is 5.28 Å². The van der Waals surface area contributed by atoms with Crippen molar-refractivity contribution in [3.05, 3.63) is 198 Å². The fourth-order valence-electron chi connectivity index (χ4n) is 6.60. The number of rotatable bonds is 10. The van der Waals surface area contributed by atoms with E-state index in [2.05, 4.69) is 44.3 Å². The zero-order chi connectivity index (χ0) is 43.1. The number of benzene rings is 6. The summed E-state index contributed by atoms with van der Waals surface area (Å²) in [4.78, 5) is 46.1. The van der Waals surface area contributed by atoms with E-state index in [4.69, 9.17) is 17.3 Å². The first kappa shape index (κ1) is 43.6. The number of fused-ring (bicyclic) bond motifs is 2. The molecule has 0 unspecified atom stereocenters. The molecule has 6 aromatic carbocycles. The van der Waals surface area contributed by atoms with Crippen LogP contribution >= 0.6 is 11.6 Å². The molecule has 308 valence electrons. The summed E-state index contributed by atoms with van der Waals surface area (Å²) in [5.41, 5.74) is 9.21. The Hall–Kier alpha value is -7.01. The predicted octanol–water partition coefficient (Wildman–Crippen LogP) is 11.1. The Morgan fingerprint density at radius 1 is 0.574 bits per heavy atom. The summed E-state index contributed by atoms with van der Waals surface area (Å²) in [6.07, 6.45) is 3.22. The summed E-state index contributed by atoms with van der Waals surface area (Å²) in [6, 6.07) is 51.2. The summed E-state index contributed by atoms with van der Waals surface area (Å²) in [7, 11) is 0. The number of nitrogens with two attached hydrogens (primary N) is 1. The van der Waals surface area contributed by atoms with Crippen molar-refractivity contribution in [2.45, 2.75) is 39.8 Å². The van der Waals surface area contributed by atoms with Gasteiger partial charge in [0.25, 0.3) is 11.8 Å². The van der Waals surface area contributed by atoms with E-state index in [1.54, 1.807) is 34.3 Å². The lowest BCUT2D eigenvalue weighted by Crippen LogP contribution is -2.31. The number of nitrogens with zero attached hydrogens (tertiary/aromatic N) is 6. The Kier molecular flexibility index (Phi) is 15.2. The number of halogens is 1. The van der Waals surface area contributed by atoms with Crippen molar-refractivity contribution in [2.24, 2.45) is 5.73 Å². The molecule has 0 saturated carbocycles. The molecule has 0 fully saturated rings. The molecule has 0 radical (unpaired) electrons. The number of hydrogen-bond acceptors (Lipinski definition) is 8. The lowest BCUT2D eigenvalue weighted by molar-refractivity contribution is 0.0979. The van der Waals surface area contributed by atoms with Crippen LogP contribution in [0.3, 0.4) is 0 Å². The monoisotopic (exact) mass is 828 g/mol. The second-order valence-electron chi connectivity index (χ2n) is 14.1. The lowest BCUT2D eigenvalue weighted by Gasteiger charge is -2.21. The predicted molar refractivity (Wildman–Crippen MR) is 249 cm³/mol. The molecule has 8 rings (SSSR count). The first-order valence-electron chi connectivity index (χ1n) is 20.2. The Morgan fingerprint density at radius 2 is 1.02 bits per heavy atom. The van der Waals surface area contributed by atoms with Gasteiger partial charge in [0.15, 0.2) is 0 Å². The van der Waals surface area contributed by atoms with Crippen molar-refractivity contribution < 1.29 is 9.59 Å². The molecule has 2 aromatic heterocycles. The Bertz CT molecular complexity index is 2680. The molecule has 0 aliphatic rings. The van der Waals surface area contributed by atoms with Gasteiger partial charge in [-0.15, -0.1) is 0 Å². The number of amides is 2. The minimum Gasteiger partial charge on any atom is -0.348 e. The number of anilines is 3. The second-order valence-corrected chi connectivity index (χ2v) is 14.5. The van der Waals surface area contributed by atoms with Crippen LogP contribution in [0.25, 0.3) is 21.5 Å². The highest BCUT2D eigenvalue weighted by Crippen LogP contribution is 2.23. The van der Waals surface area contributed by atoms with E-state index in [1.165, 1.54) is 5.56 Å². The van der Waals surface area contributed by atoms with Gasteiger partial charge in [-0.25, -0.2) is 15.0 Å². The average molecular weight is 829 g/mol. The highest BCUT2D eigenvalue weighted by molar-refractivity contribution is 6.28. The average Bonchev–Trinajstić information content (AvgIpc) is 3.30. The van der Waals surface area contributed by atoms with Gasteiger partial charge < -0.3 is 11.1 Å². The molecule has 0 saturated heterocycles. The van der Waals surface area contributed by atoms with E-state index in [-0.39, 0.29) is 29.2 Å². The smallest absolute Gasteiger partial charge is 0.259 e. The van der Waals surface area contributed by atoms with Gasteiger partial charge in [0, 0.05) is 42.7 Å². The van der Waals surface area contributed by atoms with Crippen molar-refractivity contribution in [1.82, 2.24) is 19.9 Å². The van der Waals surface area contributed by atoms with Crippen molar-refractivity contribution in [3.63, 3.8) is 0 Å². The second kappa shape index (κ2) is 21.3. The minimum atomic E-state index is -0.108. The maximum atomic E-state index is 13.2. The van der Waals surface area contributed by atoms with Crippen LogP contribution < -0.4 is 20.9 Å². The highest BCUT2D eigenvalue weighted by Gasteiger charge is 2.20. The van der Waals surface area contributed by atoms with Gasteiger partial charge >= 0.3 is 0 Å². The maximum Gasteiger partial charge on any atom is 0.259 e. The number of nitrogens with one attached hydrogen (secondary N) is 1. The molecule has 0 spiro atoms. The topological polar surface area (TPSA) is 130 Å². The van der Waals surface area contributed by atoms with E-state index in [0.717, 1.165) is 27.1 Å². The van der Waals surface area contributed by atoms with Crippen LogP contribution in [0, 0.1) is 0 Å². The standard InChI is InChI=1S/C25H24N4O.C17H14ClN3O.C8H11N/c1-3-29(24(30)22-14-13-20-11-7-8-12-21(20)17-22)23-15-16-26-25(28-23)27-18(2)19-9-5-4-6-10-19;1-2-21(15-9-10-19-17(18)20-15)16(22)14-8-7-12-5-3-4-6-13(12)11-14;1-7(9)8-5-3-2-4-6-8/h4-18H,3H2,1-2H3,(H,26,27,28);3-11H,2H2,1H3;2-7H,9H2,1H3/t18-;;7-/m0.0/s1. The van der Waals surface area contributed by atoms with Gasteiger partial charge in [-0.05, 0) is 108 Å². The van der Waals surface area contributed by atoms with Gasteiger partial charge in [0.1, 0.15) is 11.6 Å².